The topological polar surface area (TPSA) is 60.2 Å². The molecule has 19 heavy (non-hydrogen) atoms. The highest BCUT2D eigenvalue weighted by Gasteiger charge is 2.20. The van der Waals surface area contributed by atoms with Crippen molar-refractivity contribution in [2.45, 2.75) is 46.0 Å². The van der Waals surface area contributed by atoms with Gasteiger partial charge in [-0.25, -0.2) is 0 Å². The molecule has 1 atom stereocenters. The molecule has 0 saturated heterocycles. The summed E-state index contributed by atoms with van der Waals surface area (Å²) in [5.74, 6) is 0.144. The van der Waals surface area contributed by atoms with Gasteiger partial charge in [-0.05, 0) is 12.8 Å². The number of nitro benzene ring substituents is 1. The van der Waals surface area contributed by atoms with Crippen LogP contribution in [0.4, 0.5) is 5.69 Å². The number of rotatable bonds is 8. The molecule has 0 aromatic heterocycles. The lowest BCUT2D eigenvalue weighted by atomic mass is 9.91. The van der Waals surface area contributed by atoms with Crippen molar-refractivity contribution >= 4 is 11.5 Å². The Kier molecular flexibility index (Phi) is 6.19. The molecule has 1 rings (SSSR count). The minimum absolute atomic E-state index is 0.0276. The average Bonchev–Trinajstić information content (AvgIpc) is 2.40. The second-order valence-corrected chi connectivity index (χ2v) is 4.78. The zero-order valence-electron chi connectivity index (χ0n) is 11.6. The van der Waals surface area contributed by atoms with Gasteiger partial charge in [0, 0.05) is 24.0 Å². The number of nitro groups is 1. The van der Waals surface area contributed by atoms with E-state index in [1.54, 1.807) is 18.2 Å². The van der Waals surface area contributed by atoms with E-state index in [1.165, 1.54) is 6.07 Å². The first-order valence-electron chi connectivity index (χ1n) is 6.85. The number of carbonyl (C=O) groups is 1. The first-order chi connectivity index (χ1) is 9.10. The van der Waals surface area contributed by atoms with Gasteiger partial charge in [0.05, 0.1) is 4.92 Å². The summed E-state index contributed by atoms with van der Waals surface area (Å²) >= 11 is 0. The Balaban J connectivity index is 2.78. The number of unbranched alkanes of at least 4 members (excludes halogenated alkanes) is 1. The summed E-state index contributed by atoms with van der Waals surface area (Å²) in [6.45, 7) is 4.09. The zero-order valence-corrected chi connectivity index (χ0v) is 11.6. The number of ketones is 1. The molecule has 0 fully saturated rings. The van der Waals surface area contributed by atoms with Crippen molar-refractivity contribution in [3.8, 4) is 0 Å². The van der Waals surface area contributed by atoms with Crippen LogP contribution in [0.15, 0.2) is 24.3 Å². The normalized spacial score (nSPS) is 12.1. The van der Waals surface area contributed by atoms with Gasteiger partial charge in [-0.15, -0.1) is 0 Å². The molecule has 4 heteroatoms. The van der Waals surface area contributed by atoms with Crippen LogP contribution in [0.2, 0.25) is 0 Å². The van der Waals surface area contributed by atoms with E-state index in [2.05, 4.69) is 6.92 Å². The van der Waals surface area contributed by atoms with Gasteiger partial charge in [-0.1, -0.05) is 44.9 Å². The summed E-state index contributed by atoms with van der Waals surface area (Å²) in [5, 5.41) is 10.9. The number of benzene rings is 1. The fourth-order valence-corrected chi connectivity index (χ4v) is 2.21. The smallest absolute Gasteiger partial charge is 0.273 e. The largest absolute Gasteiger partial charge is 0.299 e. The fourth-order valence-electron chi connectivity index (χ4n) is 2.21. The summed E-state index contributed by atoms with van der Waals surface area (Å²) in [6.07, 6.45) is 3.95. The maximum Gasteiger partial charge on any atom is 0.273 e. The molecule has 104 valence electrons. The van der Waals surface area contributed by atoms with Gasteiger partial charge in [0.25, 0.3) is 5.69 Å². The van der Waals surface area contributed by atoms with Gasteiger partial charge in [0.15, 0.2) is 0 Å². The van der Waals surface area contributed by atoms with Crippen molar-refractivity contribution in [3.63, 3.8) is 0 Å². The summed E-state index contributed by atoms with van der Waals surface area (Å²) in [5.41, 5.74) is 0.564. The first kappa shape index (κ1) is 15.3. The van der Waals surface area contributed by atoms with Crippen molar-refractivity contribution in [3.05, 3.63) is 39.9 Å². The number of hydrogen-bond acceptors (Lipinski definition) is 3. The van der Waals surface area contributed by atoms with Crippen LogP contribution in [0.3, 0.4) is 0 Å². The quantitative estimate of drug-likeness (QED) is 0.527. The minimum atomic E-state index is -0.421. The molecule has 0 saturated carbocycles. The van der Waals surface area contributed by atoms with Gasteiger partial charge >= 0.3 is 0 Å². The van der Waals surface area contributed by atoms with Crippen molar-refractivity contribution < 1.29 is 9.72 Å². The highest BCUT2D eigenvalue weighted by molar-refractivity contribution is 5.84. The van der Waals surface area contributed by atoms with Crippen LogP contribution in [0, 0.1) is 16.0 Å². The van der Waals surface area contributed by atoms with Crippen LogP contribution in [0.25, 0.3) is 0 Å². The lowest BCUT2D eigenvalue weighted by Crippen LogP contribution is -2.16. The van der Waals surface area contributed by atoms with Crippen molar-refractivity contribution in [1.82, 2.24) is 0 Å². The Morgan fingerprint density at radius 1 is 1.32 bits per heavy atom. The number of carbonyl (C=O) groups excluding carboxylic acids is 1. The first-order valence-corrected chi connectivity index (χ1v) is 6.85. The van der Waals surface area contributed by atoms with Gasteiger partial charge in [-0.2, -0.15) is 0 Å². The van der Waals surface area contributed by atoms with Crippen molar-refractivity contribution in [2.24, 2.45) is 5.92 Å². The predicted octanol–water partition coefficient (Wildman–Crippen LogP) is 3.92. The van der Waals surface area contributed by atoms with Gasteiger partial charge in [0.2, 0.25) is 0 Å². The highest BCUT2D eigenvalue weighted by Crippen LogP contribution is 2.22. The third-order valence-corrected chi connectivity index (χ3v) is 3.41. The number of Topliss-reactive ketones (excluding diaryl/α,β-unsaturated/α-hetero) is 1. The molecule has 0 radical (unpaired) electrons. The molecule has 0 bridgehead atoms. The molecule has 0 aliphatic rings. The molecule has 1 aromatic rings. The maximum absolute atomic E-state index is 12.2. The number of nitrogens with zero attached hydrogens (tertiary/aromatic N) is 1. The molecule has 1 unspecified atom stereocenters. The molecule has 0 N–H and O–H groups in total. The zero-order chi connectivity index (χ0) is 14.3. The number of para-hydroxylation sites is 1. The Bertz CT molecular complexity index is 443. The van der Waals surface area contributed by atoms with E-state index >= 15 is 0 Å². The van der Waals surface area contributed by atoms with Crippen LogP contribution >= 0.6 is 0 Å². The van der Waals surface area contributed by atoms with Crippen LogP contribution in [-0.2, 0) is 11.2 Å². The molecule has 0 aliphatic carbocycles. The number of hydrogen-bond donors (Lipinski definition) is 0. The Morgan fingerprint density at radius 2 is 2.00 bits per heavy atom. The van der Waals surface area contributed by atoms with E-state index in [9.17, 15) is 14.9 Å². The molecule has 0 amide bonds. The van der Waals surface area contributed by atoms with Gasteiger partial charge < -0.3 is 0 Å². The van der Waals surface area contributed by atoms with E-state index in [4.69, 9.17) is 0 Å². The SMILES string of the molecule is CCCCC(CC)C(=O)Cc1ccccc1[N+](=O)[O-]. The average molecular weight is 263 g/mol. The van der Waals surface area contributed by atoms with Crippen molar-refractivity contribution in [2.75, 3.05) is 0 Å². The molecular weight excluding hydrogens is 242 g/mol. The van der Waals surface area contributed by atoms with Crippen LogP contribution in [-0.4, -0.2) is 10.7 Å². The third-order valence-electron chi connectivity index (χ3n) is 3.41. The van der Waals surface area contributed by atoms with Crippen molar-refractivity contribution in [1.29, 1.82) is 0 Å². The van der Waals surface area contributed by atoms with Gasteiger partial charge in [-0.3, -0.25) is 14.9 Å². The molecule has 1 aromatic carbocycles. The van der Waals surface area contributed by atoms with Crippen LogP contribution in [0.5, 0.6) is 0 Å². The van der Waals surface area contributed by atoms with Crippen LogP contribution < -0.4 is 0 Å². The monoisotopic (exact) mass is 263 g/mol. The highest BCUT2D eigenvalue weighted by atomic mass is 16.6. The Labute approximate surface area is 114 Å². The maximum atomic E-state index is 12.2. The lowest BCUT2D eigenvalue weighted by Gasteiger charge is -2.13. The summed E-state index contributed by atoms with van der Waals surface area (Å²) < 4.78 is 0. The second kappa shape index (κ2) is 7.67. The van der Waals surface area contributed by atoms with Gasteiger partial charge in [0.1, 0.15) is 5.78 Å². The fraction of sp³-hybridized carbons (Fsp3) is 0.533. The van der Waals surface area contributed by atoms with E-state index in [-0.39, 0.29) is 23.8 Å². The lowest BCUT2D eigenvalue weighted by molar-refractivity contribution is -0.385. The molecule has 4 nitrogen and oxygen atoms in total. The Hall–Kier alpha value is -1.71. The summed E-state index contributed by atoms with van der Waals surface area (Å²) in [6, 6.07) is 6.49. The van der Waals surface area contributed by atoms with E-state index in [1.807, 2.05) is 6.92 Å². The predicted molar refractivity (Wildman–Crippen MR) is 75.1 cm³/mol. The van der Waals surface area contributed by atoms with E-state index in [0.29, 0.717) is 5.56 Å². The molecule has 0 spiro atoms. The van der Waals surface area contributed by atoms with Crippen LogP contribution in [0.1, 0.15) is 45.1 Å². The molecular formula is C15H21NO3. The molecule has 0 heterocycles. The third kappa shape index (κ3) is 4.47. The summed E-state index contributed by atoms with van der Waals surface area (Å²) in [4.78, 5) is 22.7. The molecule has 0 aliphatic heterocycles. The standard InChI is InChI=1S/C15H21NO3/c1-3-5-8-12(4-2)15(17)11-13-9-6-7-10-14(13)16(18)19/h6-7,9-10,12H,3-5,8,11H2,1-2H3. The summed E-state index contributed by atoms with van der Waals surface area (Å²) in [7, 11) is 0. The van der Waals surface area contributed by atoms with E-state index in [0.717, 1.165) is 25.7 Å². The Morgan fingerprint density at radius 3 is 2.58 bits per heavy atom. The second-order valence-electron chi connectivity index (χ2n) is 4.78. The van der Waals surface area contributed by atoms with E-state index < -0.39 is 4.92 Å². The minimum Gasteiger partial charge on any atom is -0.299 e.